The number of rotatable bonds is 9. The maximum atomic E-state index is 14.5. The van der Waals surface area contributed by atoms with Gasteiger partial charge in [-0.05, 0) is 107 Å². The number of fused-ring (bicyclic) bond motifs is 3. The normalized spacial score (nSPS) is 36.8. The summed E-state index contributed by atoms with van der Waals surface area (Å²) in [6.45, 7) is 13.1. The summed E-state index contributed by atoms with van der Waals surface area (Å²) in [6, 6.07) is -1.15. The molecule has 0 spiro atoms. The molecule has 0 radical (unpaired) electrons. The summed E-state index contributed by atoms with van der Waals surface area (Å²) in [7, 11) is 4.62. The van der Waals surface area contributed by atoms with Gasteiger partial charge in [-0.1, -0.05) is 71.1 Å². The molecule has 2 bridgehead atoms. The Bertz CT molecular complexity index is 2050. The third-order valence-electron chi connectivity index (χ3n) is 15.4. The van der Waals surface area contributed by atoms with Gasteiger partial charge in [0.05, 0.1) is 37.2 Å². The summed E-state index contributed by atoms with van der Waals surface area (Å²) in [5, 5.41) is 34.1. The van der Waals surface area contributed by atoms with Crippen LogP contribution in [0.3, 0.4) is 0 Å². The number of Topliss-reactive ketones (excluding diaryl/α,β-unsaturated/α-hetero) is 3. The third-order valence-corrected chi connectivity index (χ3v) is 15.4. The highest BCUT2D eigenvalue weighted by molar-refractivity contribution is 6.39. The lowest BCUT2D eigenvalue weighted by atomic mass is 9.78. The fourth-order valence-corrected chi connectivity index (χ4v) is 10.8. The number of hydrogen-bond donors (Lipinski definition) is 3. The van der Waals surface area contributed by atoms with Crippen molar-refractivity contribution >= 4 is 29.2 Å². The lowest BCUT2D eigenvalue weighted by Gasteiger charge is -2.42. The quantitative estimate of drug-likeness (QED) is 0.136. The number of ether oxygens (including phenoxy) is 6. The molecule has 17 nitrogen and oxygen atoms in total. The second-order valence-corrected chi connectivity index (χ2v) is 20.8. The molecule has 3 N–H and O–H groups in total. The molecule has 0 aromatic carbocycles. The zero-order chi connectivity index (χ0) is 52.0. The van der Waals surface area contributed by atoms with E-state index in [0.717, 1.165) is 12.0 Å². The van der Waals surface area contributed by atoms with Crippen LogP contribution < -0.4 is 0 Å². The van der Waals surface area contributed by atoms with Gasteiger partial charge in [0, 0.05) is 58.5 Å². The lowest BCUT2D eigenvalue weighted by Crippen LogP contribution is -2.61. The van der Waals surface area contributed by atoms with Gasteiger partial charge in [0.15, 0.2) is 5.78 Å². The van der Waals surface area contributed by atoms with E-state index >= 15 is 0 Å². The molecule has 1 aromatic rings. The number of cyclic esters (lactones) is 1. The Morgan fingerprint density at radius 1 is 0.887 bits per heavy atom. The summed E-state index contributed by atoms with van der Waals surface area (Å²) in [5.41, 5.74) is 1.95. The molecular weight excluding hydrogens is 913 g/mol. The number of allylic oxidation sites excluding steroid dienone is 6. The number of aliphatic hydroxyl groups is 2. The maximum absolute atomic E-state index is 14.5. The van der Waals surface area contributed by atoms with Crippen LogP contribution in [0, 0.1) is 35.5 Å². The van der Waals surface area contributed by atoms with Crippen LogP contribution in [0.4, 0.5) is 0 Å². The molecule has 1 aromatic heterocycles. The van der Waals surface area contributed by atoms with Gasteiger partial charge in [0.25, 0.3) is 11.7 Å². The van der Waals surface area contributed by atoms with Crippen molar-refractivity contribution in [2.24, 2.45) is 35.5 Å². The topological polar surface area (TPSA) is 226 Å². The van der Waals surface area contributed by atoms with Crippen molar-refractivity contribution in [2.45, 2.75) is 187 Å². The smallest absolute Gasteiger partial charge is 0.329 e. The summed E-state index contributed by atoms with van der Waals surface area (Å²) in [5.74, 6) is -7.96. The third kappa shape index (κ3) is 15.4. The lowest BCUT2D eigenvalue weighted by molar-refractivity contribution is -0.265. The van der Waals surface area contributed by atoms with Crippen molar-refractivity contribution in [1.82, 2.24) is 20.3 Å². The van der Waals surface area contributed by atoms with Crippen LogP contribution in [0.25, 0.3) is 0 Å². The minimum atomic E-state index is -2.44. The zero-order valence-electron chi connectivity index (χ0n) is 43.8. The van der Waals surface area contributed by atoms with Gasteiger partial charge in [-0.2, -0.15) is 15.4 Å². The highest BCUT2D eigenvalue weighted by atomic mass is 16.6. The molecule has 396 valence electrons. The average Bonchev–Trinajstić information content (AvgIpc) is 3.89. The molecule has 1 amide bonds. The summed E-state index contributed by atoms with van der Waals surface area (Å²) in [4.78, 5) is 72.4. The molecule has 4 heterocycles. The molecule has 2 saturated heterocycles. The largest absolute Gasteiger partial charge is 0.460 e. The molecule has 17 heteroatoms. The zero-order valence-corrected chi connectivity index (χ0v) is 43.8. The Hall–Kier alpha value is -4.23. The fraction of sp³-hybridized carbons (Fsp3) is 0.722. The second-order valence-electron chi connectivity index (χ2n) is 20.8. The number of aliphatic hydroxyl groups excluding tert-OH is 1. The van der Waals surface area contributed by atoms with Crippen LogP contribution in [0.5, 0.6) is 0 Å². The van der Waals surface area contributed by atoms with Crippen molar-refractivity contribution in [1.29, 1.82) is 0 Å². The van der Waals surface area contributed by atoms with Crippen LogP contribution in [0.15, 0.2) is 53.8 Å². The predicted octanol–water partition coefficient (Wildman–Crippen LogP) is 6.52. The SMILES string of the molecule is CO[C@H]1C[C@@H]2CC[C@@H](C)[C@@](O)(O2)C(=O)C(=O)N2CCCC[C@H]2C(=O)O[C@H]([C@H](C)C[C@@H]2CC[C@@H](OCc3cn[nH]n3)[C@H](OC)C2)CC(=O)[C@H](C)/C=C(\C)[C@@H](O)[C@@H](OC)C(=O)[C@H](C)C[C@H](C)/C=C/C=CC=C1C. The van der Waals surface area contributed by atoms with Gasteiger partial charge >= 0.3 is 5.97 Å². The minimum absolute atomic E-state index is 0.0149. The van der Waals surface area contributed by atoms with Crippen molar-refractivity contribution in [3.63, 3.8) is 0 Å². The first-order chi connectivity index (χ1) is 33.8. The van der Waals surface area contributed by atoms with Crippen LogP contribution in [0.1, 0.15) is 131 Å². The Morgan fingerprint density at radius 3 is 2.34 bits per heavy atom. The van der Waals surface area contributed by atoms with Crippen LogP contribution in [-0.2, 0) is 59.0 Å². The monoisotopic (exact) mass is 995 g/mol. The van der Waals surface area contributed by atoms with Crippen LogP contribution >= 0.6 is 0 Å². The van der Waals surface area contributed by atoms with Crippen molar-refractivity contribution in [2.75, 3.05) is 27.9 Å². The first-order valence-electron chi connectivity index (χ1n) is 25.8. The number of esters is 1. The van der Waals surface area contributed by atoms with E-state index in [1.807, 2.05) is 58.1 Å². The number of ketones is 3. The van der Waals surface area contributed by atoms with Gasteiger partial charge < -0.3 is 43.5 Å². The number of piperidine rings is 1. The van der Waals surface area contributed by atoms with E-state index in [1.54, 1.807) is 47.3 Å². The van der Waals surface area contributed by atoms with E-state index in [9.17, 15) is 34.2 Å². The first-order valence-corrected chi connectivity index (χ1v) is 25.8. The number of nitrogens with zero attached hydrogens (tertiary/aromatic N) is 3. The summed E-state index contributed by atoms with van der Waals surface area (Å²) >= 11 is 0. The Kier molecular flexibility index (Phi) is 22.1. The standard InChI is InChI=1S/C54H82N4O13/c1-32-16-12-11-13-17-33(2)45(66-8)28-41-21-19-38(7)54(65,71-41)51(62)52(63)58-23-15-14-18-42(58)53(64)70-46(29-43(59)34(3)25-37(6)49(61)50(68-10)48(60)36(5)24-32)35(4)26-39-20-22-44(47(27-39)67-9)69-31-40-30-55-57-56-40/h11-13,16-17,25,30,32,34-36,38-39,41-42,44-47,49-50,61,65H,14-15,18-24,26-29,31H2,1-10H3,(H,55,56,57)/b13-11?,16-12+,33-17?,37-25+/t32-,34-,35-,36-,38-,39+,41+,42+,44-,45+,46+,47-,49-,50+,54-/m1/s1. The van der Waals surface area contributed by atoms with Crippen molar-refractivity contribution < 1.29 is 62.6 Å². The summed E-state index contributed by atoms with van der Waals surface area (Å²) in [6.07, 6.45) is 13.7. The van der Waals surface area contributed by atoms with E-state index in [-0.39, 0.29) is 67.5 Å². The predicted molar refractivity (Wildman–Crippen MR) is 264 cm³/mol. The number of carbonyl (C=O) groups is 5. The molecular formula is C54H82N4O13. The molecule has 4 aliphatic rings. The average molecular weight is 995 g/mol. The number of nitrogens with one attached hydrogen (secondary N) is 1. The molecule has 1 saturated carbocycles. The fourth-order valence-electron chi connectivity index (χ4n) is 10.8. The van der Waals surface area contributed by atoms with E-state index in [4.69, 9.17) is 28.4 Å². The van der Waals surface area contributed by atoms with Gasteiger partial charge in [-0.25, -0.2) is 4.79 Å². The number of carbonyl (C=O) groups excluding carboxylic acids is 5. The molecule has 3 fully saturated rings. The Morgan fingerprint density at radius 2 is 1.65 bits per heavy atom. The van der Waals surface area contributed by atoms with Crippen LogP contribution in [-0.4, -0.2) is 142 Å². The highest BCUT2D eigenvalue weighted by Gasteiger charge is 2.53. The summed E-state index contributed by atoms with van der Waals surface area (Å²) < 4.78 is 36.1. The number of hydrogen-bond acceptors (Lipinski definition) is 15. The highest BCUT2D eigenvalue weighted by Crippen LogP contribution is 2.38. The molecule has 5 rings (SSSR count). The van der Waals surface area contributed by atoms with Gasteiger partial charge in [0.2, 0.25) is 5.79 Å². The minimum Gasteiger partial charge on any atom is -0.460 e. The van der Waals surface area contributed by atoms with E-state index in [2.05, 4.69) is 15.4 Å². The second kappa shape index (κ2) is 27.2. The number of aromatic nitrogens is 3. The number of H-pyrrole nitrogens is 1. The number of aromatic amines is 1. The maximum Gasteiger partial charge on any atom is 0.329 e. The molecule has 1 aliphatic carbocycles. The van der Waals surface area contributed by atoms with E-state index in [1.165, 1.54) is 12.0 Å². The van der Waals surface area contributed by atoms with Gasteiger partial charge in [-0.15, -0.1) is 0 Å². The van der Waals surface area contributed by atoms with Gasteiger partial charge in [0.1, 0.15) is 35.8 Å². The van der Waals surface area contributed by atoms with Gasteiger partial charge in [-0.3, -0.25) is 19.2 Å². The Balaban J connectivity index is 1.44. The number of amides is 1. The van der Waals surface area contributed by atoms with E-state index in [0.29, 0.717) is 69.1 Å². The molecule has 0 unspecified atom stereocenters. The molecule has 3 aliphatic heterocycles. The molecule has 15 atom stereocenters. The van der Waals surface area contributed by atoms with E-state index < -0.39 is 77.8 Å². The number of methoxy groups -OCH3 is 3. The first kappa shape index (κ1) is 57.7. The molecule has 71 heavy (non-hydrogen) atoms. The van der Waals surface area contributed by atoms with Crippen LogP contribution in [0.2, 0.25) is 0 Å². The van der Waals surface area contributed by atoms with Crippen molar-refractivity contribution in [3.8, 4) is 0 Å². The van der Waals surface area contributed by atoms with Crippen molar-refractivity contribution in [3.05, 3.63) is 59.5 Å². The Labute approximate surface area is 420 Å².